The predicted molar refractivity (Wildman–Crippen MR) is 106 cm³/mol. The van der Waals surface area contributed by atoms with Gasteiger partial charge in [-0.2, -0.15) is 0 Å². The number of hydrogen-bond donors (Lipinski definition) is 3. The maximum absolute atomic E-state index is 13.9. The van der Waals surface area contributed by atoms with Gasteiger partial charge in [-0.3, -0.25) is 0 Å². The van der Waals surface area contributed by atoms with E-state index in [9.17, 15) is 13.6 Å². The molecule has 2 aromatic rings. The third-order valence-corrected chi connectivity index (χ3v) is 5.10. The van der Waals surface area contributed by atoms with Crippen LogP contribution < -0.4 is 10.6 Å². The van der Waals surface area contributed by atoms with E-state index in [-0.39, 0.29) is 11.1 Å². The minimum absolute atomic E-state index is 0.0884. The van der Waals surface area contributed by atoms with Crippen LogP contribution in [0.1, 0.15) is 37.8 Å². The highest BCUT2D eigenvalue weighted by Crippen LogP contribution is 2.41. The third kappa shape index (κ3) is 4.50. The van der Waals surface area contributed by atoms with Crippen molar-refractivity contribution >= 4 is 6.09 Å². The van der Waals surface area contributed by atoms with Crippen LogP contribution in [-0.2, 0) is 6.42 Å². The first kappa shape index (κ1) is 20.3. The minimum Gasteiger partial charge on any atom is -0.465 e. The molecule has 150 valence electrons. The summed E-state index contributed by atoms with van der Waals surface area (Å²) in [7, 11) is 0. The summed E-state index contributed by atoms with van der Waals surface area (Å²) in [6.07, 6.45) is 0.0363. The van der Waals surface area contributed by atoms with E-state index in [0.717, 1.165) is 19.5 Å². The second kappa shape index (κ2) is 7.87. The molecule has 1 heterocycles. The van der Waals surface area contributed by atoms with Crippen molar-refractivity contribution in [2.45, 2.75) is 38.6 Å². The zero-order valence-corrected chi connectivity index (χ0v) is 16.4. The molecule has 4 nitrogen and oxygen atoms in total. The molecule has 2 aliphatic rings. The summed E-state index contributed by atoms with van der Waals surface area (Å²) in [5, 5.41) is 13.8. The average molecular weight is 388 g/mol. The number of carbonyl (C=O) groups is 1. The van der Waals surface area contributed by atoms with E-state index in [0.29, 0.717) is 17.4 Å². The van der Waals surface area contributed by atoms with Gasteiger partial charge in [-0.15, -0.1) is 0 Å². The zero-order chi connectivity index (χ0) is 20.5. The fraction of sp³-hybridized carbons (Fsp3) is 0.409. The van der Waals surface area contributed by atoms with Crippen molar-refractivity contribution in [3.8, 4) is 11.1 Å². The van der Waals surface area contributed by atoms with Crippen LogP contribution in [0.15, 0.2) is 36.4 Å². The van der Waals surface area contributed by atoms with E-state index >= 15 is 0 Å². The first-order valence-electron chi connectivity index (χ1n) is 9.45. The van der Waals surface area contributed by atoms with Gasteiger partial charge in [0.15, 0.2) is 0 Å². The summed E-state index contributed by atoms with van der Waals surface area (Å²) in [5.41, 5.74) is 3.01. The Morgan fingerprint density at radius 1 is 1.14 bits per heavy atom. The van der Waals surface area contributed by atoms with E-state index in [1.54, 1.807) is 20.8 Å². The Morgan fingerprint density at radius 2 is 1.82 bits per heavy atom. The molecule has 2 unspecified atom stereocenters. The van der Waals surface area contributed by atoms with Gasteiger partial charge < -0.3 is 15.7 Å². The quantitative estimate of drug-likeness (QED) is 0.672. The molecular weight excluding hydrogens is 362 g/mol. The molecule has 1 aliphatic carbocycles. The average Bonchev–Trinajstić information content (AvgIpc) is 3.13. The van der Waals surface area contributed by atoms with Gasteiger partial charge in [0.25, 0.3) is 0 Å². The van der Waals surface area contributed by atoms with Gasteiger partial charge in [-0.05, 0) is 68.5 Å². The molecule has 3 N–H and O–H groups in total. The van der Waals surface area contributed by atoms with Crippen molar-refractivity contribution in [2.24, 2.45) is 5.92 Å². The van der Waals surface area contributed by atoms with Crippen molar-refractivity contribution < 1.29 is 18.7 Å². The summed E-state index contributed by atoms with van der Waals surface area (Å²) in [4.78, 5) is 9.90. The highest BCUT2D eigenvalue weighted by molar-refractivity contribution is 5.67. The second-order valence-corrected chi connectivity index (χ2v) is 8.42. The fourth-order valence-corrected chi connectivity index (χ4v) is 3.99. The molecule has 1 amide bonds. The monoisotopic (exact) mass is 388 g/mol. The Morgan fingerprint density at radius 3 is 2.39 bits per heavy atom. The molecule has 1 saturated heterocycles. The number of nitrogens with one attached hydrogen (secondary N) is 2. The van der Waals surface area contributed by atoms with Gasteiger partial charge in [0.1, 0.15) is 11.6 Å². The number of halogens is 2. The molecule has 0 spiro atoms. The lowest BCUT2D eigenvalue weighted by molar-refractivity contribution is 0.184. The van der Waals surface area contributed by atoms with Crippen LogP contribution in [0.3, 0.4) is 0 Å². The predicted octanol–water partition coefficient (Wildman–Crippen LogP) is 4.54. The van der Waals surface area contributed by atoms with Gasteiger partial charge in [0.05, 0.1) is 5.56 Å². The molecule has 6 heteroatoms. The SMILES string of the molecule is CC(C)(C)NC(=O)O.Fc1cccc(F)c1-c1ccc2c(c1)CC1CNCC21. The van der Waals surface area contributed by atoms with Gasteiger partial charge >= 0.3 is 6.09 Å². The maximum Gasteiger partial charge on any atom is 0.405 e. The summed E-state index contributed by atoms with van der Waals surface area (Å²) >= 11 is 0. The molecule has 0 saturated carbocycles. The number of hydrogen-bond acceptors (Lipinski definition) is 2. The highest BCUT2D eigenvalue weighted by Gasteiger charge is 2.35. The number of fused-ring (bicyclic) bond motifs is 3. The van der Waals surface area contributed by atoms with Crippen molar-refractivity contribution in [1.82, 2.24) is 10.6 Å². The molecule has 1 aliphatic heterocycles. The van der Waals surface area contributed by atoms with Crippen LogP contribution in [-0.4, -0.2) is 29.8 Å². The molecule has 0 radical (unpaired) electrons. The standard InChI is InChI=1S/C17H15F2N.C5H11NO2/c18-15-2-1-3-16(19)17(15)10-4-5-13-11(6-10)7-12-8-20-9-14(12)13;1-5(2,3)6-4(7)8/h1-6,12,14,20H,7-9H2;6H,1-3H3,(H,7,8). The highest BCUT2D eigenvalue weighted by atomic mass is 19.1. The van der Waals surface area contributed by atoms with Crippen molar-refractivity contribution in [3.05, 3.63) is 59.2 Å². The maximum atomic E-state index is 13.9. The minimum atomic E-state index is -0.975. The van der Waals surface area contributed by atoms with Crippen molar-refractivity contribution in [2.75, 3.05) is 13.1 Å². The first-order valence-corrected chi connectivity index (χ1v) is 9.45. The Kier molecular flexibility index (Phi) is 5.70. The van der Waals surface area contributed by atoms with E-state index in [1.165, 1.54) is 29.3 Å². The lowest BCUT2D eigenvalue weighted by atomic mass is 9.95. The van der Waals surface area contributed by atoms with Crippen LogP contribution >= 0.6 is 0 Å². The Balaban J connectivity index is 0.000000242. The lowest BCUT2D eigenvalue weighted by Gasteiger charge is -2.16. The van der Waals surface area contributed by atoms with Crippen LogP contribution in [0, 0.1) is 17.6 Å². The number of rotatable bonds is 1. The Labute approximate surface area is 164 Å². The number of amides is 1. The van der Waals surface area contributed by atoms with Gasteiger partial charge in [0.2, 0.25) is 0 Å². The molecule has 0 bridgehead atoms. The lowest BCUT2D eigenvalue weighted by Crippen LogP contribution is -2.39. The summed E-state index contributed by atoms with van der Waals surface area (Å²) in [6, 6.07) is 9.89. The summed E-state index contributed by atoms with van der Waals surface area (Å²) in [6.45, 7) is 7.44. The molecular formula is C22H26F2N2O2. The second-order valence-electron chi connectivity index (χ2n) is 8.42. The van der Waals surface area contributed by atoms with E-state index in [4.69, 9.17) is 5.11 Å². The first-order chi connectivity index (χ1) is 13.2. The molecule has 2 aromatic carbocycles. The van der Waals surface area contributed by atoms with E-state index < -0.39 is 17.7 Å². The zero-order valence-electron chi connectivity index (χ0n) is 16.4. The number of benzene rings is 2. The summed E-state index contributed by atoms with van der Waals surface area (Å²) in [5.74, 6) is 0.227. The normalized spacial score (nSPS) is 20.0. The topological polar surface area (TPSA) is 61.4 Å². The van der Waals surface area contributed by atoms with Crippen LogP contribution in [0.25, 0.3) is 11.1 Å². The van der Waals surface area contributed by atoms with Gasteiger partial charge in [-0.25, -0.2) is 13.6 Å². The van der Waals surface area contributed by atoms with Gasteiger partial charge in [-0.1, -0.05) is 24.3 Å². The molecule has 28 heavy (non-hydrogen) atoms. The third-order valence-electron chi connectivity index (χ3n) is 5.10. The van der Waals surface area contributed by atoms with E-state index in [2.05, 4.69) is 10.6 Å². The number of carboxylic acid groups (broad SMARTS) is 1. The van der Waals surface area contributed by atoms with Crippen LogP contribution in [0.4, 0.5) is 13.6 Å². The molecule has 4 rings (SSSR count). The van der Waals surface area contributed by atoms with Crippen LogP contribution in [0.2, 0.25) is 0 Å². The van der Waals surface area contributed by atoms with Gasteiger partial charge in [0, 0.05) is 18.0 Å². The van der Waals surface area contributed by atoms with Crippen molar-refractivity contribution in [1.29, 1.82) is 0 Å². The Hall–Kier alpha value is -2.47. The van der Waals surface area contributed by atoms with E-state index in [1.807, 2.05) is 18.2 Å². The largest absolute Gasteiger partial charge is 0.465 e. The fourth-order valence-electron chi connectivity index (χ4n) is 3.99. The van der Waals surface area contributed by atoms with Crippen molar-refractivity contribution in [3.63, 3.8) is 0 Å². The summed E-state index contributed by atoms with van der Waals surface area (Å²) < 4.78 is 27.7. The smallest absolute Gasteiger partial charge is 0.405 e. The molecule has 1 fully saturated rings. The molecule has 2 atom stereocenters. The molecule has 0 aromatic heterocycles. The van der Waals surface area contributed by atoms with Crippen LogP contribution in [0.5, 0.6) is 0 Å². The Bertz CT molecular complexity index is 857.